The van der Waals surface area contributed by atoms with Gasteiger partial charge in [0.1, 0.15) is 0 Å². The van der Waals surface area contributed by atoms with Gasteiger partial charge >= 0.3 is 0 Å². The minimum Gasteiger partial charge on any atom is -0.374 e. The summed E-state index contributed by atoms with van der Waals surface area (Å²) in [5.74, 6) is 0. The Labute approximate surface area is 119 Å². The molecule has 4 heteroatoms. The van der Waals surface area contributed by atoms with E-state index in [0.29, 0.717) is 6.10 Å². The molecule has 0 bridgehead atoms. The van der Waals surface area contributed by atoms with E-state index in [2.05, 4.69) is 16.3 Å². The van der Waals surface area contributed by atoms with E-state index in [4.69, 9.17) is 16.3 Å². The third-order valence-corrected chi connectivity index (χ3v) is 4.25. The monoisotopic (exact) mass is 280 g/mol. The van der Waals surface area contributed by atoms with Crippen molar-refractivity contribution in [2.45, 2.75) is 31.5 Å². The van der Waals surface area contributed by atoms with Crippen LogP contribution in [-0.2, 0) is 11.3 Å². The zero-order valence-corrected chi connectivity index (χ0v) is 11.9. The first-order chi connectivity index (χ1) is 9.33. The first kappa shape index (κ1) is 13.4. The Balaban J connectivity index is 1.43. The summed E-state index contributed by atoms with van der Waals surface area (Å²) in [4.78, 5) is 2.57. The predicted molar refractivity (Wildman–Crippen MR) is 77.5 cm³/mol. The summed E-state index contributed by atoms with van der Waals surface area (Å²) in [6, 6.07) is 8.83. The van der Waals surface area contributed by atoms with Crippen LogP contribution in [0.5, 0.6) is 0 Å². The first-order valence-electron chi connectivity index (χ1n) is 7.13. The molecule has 3 nitrogen and oxygen atoms in total. The van der Waals surface area contributed by atoms with Gasteiger partial charge in [0.25, 0.3) is 0 Å². The maximum absolute atomic E-state index is 6.14. The van der Waals surface area contributed by atoms with E-state index in [1.165, 1.54) is 12.8 Å². The van der Waals surface area contributed by atoms with Gasteiger partial charge in [-0.05, 0) is 24.5 Å². The highest BCUT2D eigenvalue weighted by Crippen LogP contribution is 2.28. The second-order valence-electron chi connectivity index (χ2n) is 5.44. The number of nitrogens with one attached hydrogen (secondary N) is 1. The SMILES string of the molecule is Clc1ccccc1CNC[C@@H]1CN(C2CC2)CCO1. The molecule has 1 aromatic carbocycles. The zero-order chi connectivity index (χ0) is 13.1. The van der Waals surface area contributed by atoms with Gasteiger partial charge in [-0.2, -0.15) is 0 Å². The molecular weight excluding hydrogens is 260 g/mol. The fraction of sp³-hybridized carbons (Fsp3) is 0.600. The molecule has 1 aliphatic carbocycles. The molecule has 1 saturated carbocycles. The standard InChI is InChI=1S/C15H21ClN2O/c16-15-4-2-1-3-12(15)9-17-10-14-11-18(7-8-19-14)13-5-6-13/h1-4,13-14,17H,5-11H2/t14-/m1/s1. The maximum atomic E-state index is 6.14. The highest BCUT2D eigenvalue weighted by atomic mass is 35.5. The van der Waals surface area contributed by atoms with Crippen molar-refractivity contribution in [1.82, 2.24) is 10.2 Å². The molecule has 2 aliphatic rings. The molecule has 0 radical (unpaired) electrons. The van der Waals surface area contributed by atoms with Gasteiger partial charge in [-0.15, -0.1) is 0 Å². The summed E-state index contributed by atoms with van der Waals surface area (Å²) in [6.45, 7) is 4.75. The summed E-state index contributed by atoms with van der Waals surface area (Å²) in [5, 5.41) is 4.29. The summed E-state index contributed by atoms with van der Waals surface area (Å²) in [7, 11) is 0. The lowest BCUT2D eigenvalue weighted by Crippen LogP contribution is -2.47. The van der Waals surface area contributed by atoms with Crippen LogP contribution in [0.15, 0.2) is 24.3 Å². The molecule has 19 heavy (non-hydrogen) atoms. The maximum Gasteiger partial charge on any atom is 0.0826 e. The largest absolute Gasteiger partial charge is 0.374 e. The highest BCUT2D eigenvalue weighted by molar-refractivity contribution is 6.31. The van der Waals surface area contributed by atoms with Crippen molar-refractivity contribution in [1.29, 1.82) is 0 Å². The first-order valence-corrected chi connectivity index (χ1v) is 7.50. The zero-order valence-electron chi connectivity index (χ0n) is 11.1. The lowest BCUT2D eigenvalue weighted by atomic mass is 10.2. The topological polar surface area (TPSA) is 24.5 Å². The van der Waals surface area contributed by atoms with Crippen LogP contribution in [0.3, 0.4) is 0 Å². The van der Waals surface area contributed by atoms with Crippen LogP contribution in [0.1, 0.15) is 18.4 Å². The van der Waals surface area contributed by atoms with Gasteiger partial charge in [0, 0.05) is 37.2 Å². The number of benzene rings is 1. The molecule has 0 amide bonds. The van der Waals surface area contributed by atoms with E-state index < -0.39 is 0 Å². The molecule has 1 atom stereocenters. The van der Waals surface area contributed by atoms with Crippen LogP contribution in [0.25, 0.3) is 0 Å². The Morgan fingerprint density at radius 2 is 2.16 bits per heavy atom. The highest BCUT2D eigenvalue weighted by Gasteiger charge is 2.32. The molecule has 1 heterocycles. The Morgan fingerprint density at radius 3 is 2.95 bits per heavy atom. The number of nitrogens with zero attached hydrogens (tertiary/aromatic N) is 1. The lowest BCUT2D eigenvalue weighted by molar-refractivity contribution is -0.0301. The summed E-state index contributed by atoms with van der Waals surface area (Å²) in [5.41, 5.74) is 1.15. The van der Waals surface area contributed by atoms with E-state index in [1.807, 2.05) is 18.2 Å². The normalized spacial score (nSPS) is 24.6. The molecule has 3 rings (SSSR count). The van der Waals surface area contributed by atoms with E-state index in [1.54, 1.807) is 0 Å². The van der Waals surface area contributed by atoms with Crippen molar-refractivity contribution >= 4 is 11.6 Å². The molecule has 1 saturated heterocycles. The number of hydrogen-bond acceptors (Lipinski definition) is 3. The van der Waals surface area contributed by atoms with Crippen LogP contribution in [0.4, 0.5) is 0 Å². The number of rotatable bonds is 5. The fourth-order valence-corrected chi connectivity index (χ4v) is 2.85. The quantitative estimate of drug-likeness (QED) is 0.896. The van der Waals surface area contributed by atoms with Gasteiger partial charge in [0.2, 0.25) is 0 Å². The summed E-state index contributed by atoms with van der Waals surface area (Å²) < 4.78 is 5.82. The molecule has 0 aromatic heterocycles. The molecule has 104 valence electrons. The van der Waals surface area contributed by atoms with E-state index in [9.17, 15) is 0 Å². The molecule has 0 unspecified atom stereocenters. The summed E-state index contributed by atoms with van der Waals surface area (Å²) in [6.07, 6.45) is 3.07. The molecule has 1 N–H and O–H groups in total. The van der Waals surface area contributed by atoms with Crippen LogP contribution in [0, 0.1) is 0 Å². The van der Waals surface area contributed by atoms with Crippen molar-refractivity contribution < 1.29 is 4.74 Å². The lowest BCUT2D eigenvalue weighted by Gasteiger charge is -2.33. The Kier molecular flexibility index (Phi) is 4.38. The molecule has 2 fully saturated rings. The van der Waals surface area contributed by atoms with Crippen LogP contribution in [-0.4, -0.2) is 43.3 Å². The fourth-order valence-electron chi connectivity index (χ4n) is 2.65. The average molecular weight is 281 g/mol. The van der Waals surface area contributed by atoms with Crippen molar-refractivity contribution in [2.24, 2.45) is 0 Å². The van der Waals surface area contributed by atoms with Gasteiger partial charge in [0.05, 0.1) is 12.7 Å². The number of halogens is 1. The van der Waals surface area contributed by atoms with Gasteiger partial charge in [-0.25, -0.2) is 0 Å². The summed E-state index contributed by atoms with van der Waals surface area (Å²) >= 11 is 6.14. The minimum atomic E-state index is 0.317. The van der Waals surface area contributed by atoms with Crippen molar-refractivity contribution in [3.63, 3.8) is 0 Å². The van der Waals surface area contributed by atoms with Crippen LogP contribution in [0.2, 0.25) is 5.02 Å². The van der Waals surface area contributed by atoms with Gasteiger partial charge in [-0.1, -0.05) is 29.8 Å². The molecule has 1 aromatic rings. The van der Waals surface area contributed by atoms with Gasteiger partial charge in [0.15, 0.2) is 0 Å². The Hall–Kier alpha value is -0.610. The second kappa shape index (κ2) is 6.23. The predicted octanol–water partition coefficient (Wildman–Crippen LogP) is 2.29. The van der Waals surface area contributed by atoms with Gasteiger partial charge in [-0.3, -0.25) is 4.90 Å². The molecule has 1 aliphatic heterocycles. The average Bonchev–Trinajstić information content (AvgIpc) is 3.26. The molecule has 0 spiro atoms. The number of hydrogen-bond donors (Lipinski definition) is 1. The van der Waals surface area contributed by atoms with Crippen LogP contribution >= 0.6 is 11.6 Å². The van der Waals surface area contributed by atoms with Gasteiger partial charge < -0.3 is 10.1 Å². The van der Waals surface area contributed by atoms with E-state index in [0.717, 1.165) is 49.4 Å². The molecular formula is C15H21ClN2O. The minimum absolute atomic E-state index is 0.317. The van der Waals surface area contributed by atoms with E-state index >= 15 is 0 Å². The number of morpholine rings is 1. The van der Waals surface area contributed by atoms with Crippen molar-refractivity contribution in [3.05, 3.63) is 34.9 Å². The van der Waals surface area contributed by atoms with Crippen molar-refractivity contribution in [3.8, 4) is 0 Å². The van der Waals surface area contributed by atoms with E-state index in [-0.39, 0.29) is 0 Å². The van der Waals surface area contributed by atoms with Crippen LogP contribution < -0.4 is 5.32 Å². The van der Waals surface area contributed by atoms with Crippen molar-refractivity contribution in [2.75, 3.05) is 26.2 Å². The number of ether oxygens (including phenoxy) is 1. The smallest absolute Gasteiger partial charge is 0.0826 e. The third-order valence-electron chi connectivity index (χ3n) is 3.88. The Bertz CT molecular complexity index is 422. The second-order valence-corrected chi connectivity index (χ2v) is 5.85. The Morgan fingerprint density at radius 1 is 1.32 bits per heavy atom. The third kappa shape index (κ3) is 3.69.